The van der Waals surface area contributed by atoms with Crippen LogP contribution in [0.15, 0.2) is 69.6 Å². The normalized spacial score (nSPS) is 11.1. The van der Waals surface area contributed by atoms with Gasteiger partial charge in [0.1, 0.15) is 17.6 Å². The fraction of sp³-hybridized carbons (Fsp3) is 0.0500. The Morgan fingerprint density at radius 1 is 1.16 bits per heavy atom. The van der Waals surface area contributed by atoms with E-state index in [9.17, 15) is 13.7 Å². The first-order valence-electron chi connectivity index (χ1n) is 8.79. The van der Waals surface area contributed by atoms with Crippen molar-refractivity contribution in [2.45, 2.75) is 4.90 Å². The molecule has 0 radical (unpaired) electrons. The Bertz CT molecular complexity index is 1390. The lowest BCUT2D eigenvalue weighted by molar-refractivity contribution is 0.481. The number of nitriles is 1. The molecule has 0 aliphatic carbocycles. The Morgan fingerprint density at radius 3 is 2.65 bits per heavy atom. The van der Waals surface area contributed by atoms with Crippen LogP contribution in [0.4, 0.5) is 5.13 Å². The summed E-state index contributed by atoms with van der Waals surface area (Å²) < 4.78 is 36.2. The van der Waals surface area contributed by atoms with E-state index in [1.54, 1.807) is 22.3 Å². The van der Waals surface area contributed by atoms with Crippen molar-refractivity contribution in [3.8, 4) is 28.8 Å². The molecule has 2 heterocycles. The van der Waals surface area contributed by atoms with Crippen LogP contribution in [0.2, 0.25) is 0 Å². The first-order valence-corrected chi connectivity index (χ1v) is 12.0. The molecule has 31 heavy (non-hydrogen) atoms. The molecule has 2 aromatic heterocycles. The topological polar surface area (TPSA) is 110 Å². The standard InChI is InChI=1S/C20H14BrN5O3S2/c1-26-17(6-7-24-26)16-11-14(21)2-4-19(16)29-18-5-3-15(10-13(18)12-22)31(27,28)25-20-23-8-9-30-20/h2-11H,1H3,(H,23,25). The van der Waals surface area contributed by atoms with E-state index < -0.39 is 10.0 Å². The van der Waals surface area contributed by atoms with E-state index >= 15 is 0 Å². The molecule has 0 bridgehead atoms. The number of rotatable bonds is 6. The molecule has 0 aliphatic heterocycles. The van der Waals surface area contributed by atoms with Crippen molar-refractivity contribution in [1.82, 2.24) is 14.8 Å². The highest BCUT2D eigenvalue weighted by atomic mass is 79.9. The molecule has 0 saturated carbocycles. The van der Waals surface area contributed by atoms with E-state index in [0.29, 0.717) is 5.75 Å². The van der Waals surface area contributed by atoms with Crippen LogP contribution in [-0.4, -0.2) is 23.2 Å². The summed E-state index contributed by atoms with van der Waals surface area (Å²) in [5.74, 6) is 0.737. The number of nitrogens with zero attached hydrogens (tertiary/aromatic N) is 4. The number of ether oxygens (including phenoxy) is 1. The summed E-state index contributed by atoms with van der Waals surface area (Å²) in [7, 11) is -2.07. The number of nitrogens with one attached hydrogen (secondary N) is 1. The minimum atomic E-state index is -3.89. The molecule has 2 aromatic carbocycles. The highest BCUT2D eigenvalue weighted by Crippen LogP contribution is 2.37. The maximum Gasteiger partial charge on any atom is 0.263 e. The minimum Gasteiger partial charge on any atom is -0.455 e. The zero-order valence-corrected chi connectivity index (χ0v) is 19.2. The number of benzene rings is 2. The van der Waals surface area contributed by atoms with Crippen molar-refractivity contribution in [3.05, 3.63) is 70.3 Å². The third-order valence-corrected chi connectivity index (χ3v) is 6.94. The Kier molecular flexibility index (Phi) is 5.77. The van der Waals surface area contributed by atoms with Gasteiger partial charge < -0.3 is 4.74 Å². The number of sulfonamides is 1. The summed E-state index contributed by atoms with van der Waals surface area (Å²) in [6.45, 7) is 0. The Labute approximate surface area is 190 Å². The van der Waals surface area contributed by atoms with Gasteiger partial charge in [-0.25, -0.2) is 13.4 Å². The van der Waals surface area contributed by atoms with Crippen LogP contribution in [0.1, 0.15) is 5.56 Å². The van der Waals surface area contributed by atoms with Gasteiger partial charge in [-0.3, -0.25) is 9.40 Å². The van der Waals surface area contributed by atoms with Gasteiger partial charge in [0.05, 0.1) is 16.2 Å². The van der Waals surface area contributed by atoms with E-state index in [4.69, 9.17) is 4.74 Å². The van der Waals surface area contributed by atoms with Crippen molar-refractivity contribution in [2.75, 3.05) is 4.72 Å². The molecule has 1 N–H and O–H groups in total. The van der Waals surface area contributed by atoms with E-state index in [1.165, 1.54) is 24.4 Å². The Morgan fingerprint density at radius 2 is 1.97 bits per heavy atom. The van der Waals surface area contributed by atoms with Gasteiger partial charge in [0, 0.05) is 34.9 Å². The van der Waals surface area contributed by atoms with Crippen LogP contribution in [0, 0.1) is 11.3 Å². The Hall–Kier alpha value is -3.20. The summed E-state index contributed by atoms with van der Waals surface area (Å²) in [4.78, 5) is 3.86. The number of halogens is 1. The van der Waals surface area contributed by atoms with Crippen LogP contribution >= 0.6 is 27.3 Å². The van der Waals surface area contributed by atoms with Crippen LogP contribution in [0.25, 0.3) is 11.3 Å². The third-order valence-electron chi connectivity index (χ3n) is 4.29. The number of aryl methyl sites for hydroxylation is 1. The van der Waals surface area contributed by atoms with Crippen molar-refractivity contribution >= 4 is 42.4 Å². The number of hydrogen-bond donors (Lipinski definition) is 1. The average molecular weight is 516 g/mol. The number of hydrogen-bond acceptors (Lipinski definition) is 7. The molecule has 0 unspecified atom stereocenters. The summed E-state index contributed by atoms with van der Waals surface area (Å²) in [6.07, 6.45) is 3.17. The lowest BCUT2D eigenvalue weighted by Gasteiger charge is -2.14. The molecule has 4 rings (SSSR count). The summed E-state index contributed by atoms with van der Waals surface area (Å²) in [6, 6.07) is 13.4. The summed E-state index contributed by atoms with van der Waals surface area (Å²) in [5.41, 5.74) is 1.67. The number of thiazole rings is 1. The fourth-order valence-corrected chi connectivity index (χ4v) is 5.02. The SMILES string of the molecule is Cn1nccc1-c1cc(Br)ccc1Oc1ccc(S(=O)(=O)Nc2nccs2)cc1C#N. The number of anilines is 1. The lowest BCUT2D eigenvalue weighted by Crippen LogP contribution is -2.13. The highest BCUT2D eigenvalue weighted by Gasteiger charge is 2.19. The van der Waals surface area contributed by atoms with Gasteiger partial charge in [0.15, 0.2) is 5.13 Å². The van der Waals surface area contributed by atoms with Gasteiger partial charge in [0.2, 0.25) is 0 Å². The molecule has 0 saturated heterocycles. The molecule has 8 nitrogen and oxygen atoms in total. The smallest absolute Gasteiger partial charge is 0.263 e. The predicted octanol–water partition coefficient (Wildman–Crippen LogP) is 4.77. The van der Waals surface area contributed by atoms with E-state index in [1.807, 2.05) is 31.3 Å². The average Bonchev–Trinajstić information content (AvgIpc) is 3.40. The molecule has 0 amide bonds. The van der Waals surface area contributed by atoms with Crippen molar-refractivity contribution in [2.24, 2.45) is 7.05 Å². The van der Waals surface area contributed by atoms with E-state index in [0.717, 1.165) is 27.1 Å². The second kappa shape index (κ2) is 8.50. The van der Waals surface area contributed by atoms with Crippen LogP contribution in [0.3, 0.4) is 0 Å². The van der Waals surface area contributed by atoms with Gasteiger partial charge >= 0.3 is 0 Å². The largest absolute Gasteiger partial charge is 0.455 e. The molecule has 4 aromatic rings. The maximum absolute atomic E-state index is 12.6. The molecule has 0 fully saturated rings. The van der Waals surface area contributed by atoms with Gasteiger partial charge in [0.25, 0.3) is 10.0 Å². The molecule has 0 aliphatic rings. The zero-order chi connectivity index (χ0) is 22.0. The molecule has 0 atom stereocenters. The fourth-order valence-electron chi connectivity index (χ4n) is 2.85. The molecule has 0 spiro atoms. The second-order valence-electron chi connectivity index (χ2n) is 6.30. The van der Waals surface area contributed by atoms with Crippen molar-refractivity contribution < 1.29 is 13.2 Å². The van der Waals surface area contributed by atoms with Crippen molar-refractivity contribution in [3.63, 3.8) is 0 Å². The van der Waals surface area contributed by atoms with Crippen LogP contribution < -0.4 is 9.46 Å². The van der Waals surface area contributed by atoms with E-state index in [-0.39, 0.29) is 21.3 Å². The molecular formula is C20H14BrN5O3S2. The molecule has 156 valence electrons. The van der Waals surface area contributed by atoms with Gasteiger partial charge in [-0.05, 0) is 42.5 Å². The monoisotopic (exact) mass is 515 g/mol. The lowest BCUT2D eigenvalue weighted by atomic mass is 10.1. The van der Waals surface area contributed by atoms with Crippen molar-refractivity contribution in [1.29, 1.82) is 5.26 Å². The predicted molar refractivity (Wildman–Crippen MR) is 120 cm³/mol. The molecular weight excluding hydrogens is 502 g/mol. The third kappa shape index (κ3) is 4.46. The van der Waals surface area contributed by atoms with Gasteiger partial charge in [-0.2, -0.15) is 10.4 Å². The minimum absolute atomic E-state index is 0.0609. The van der Waals surface area contributed by atoms with Gasteiger partial charge in [-0.15, -0.1) is 11.3 Å². The summed E-state index contributed by atoms with van der Waals surface area (Å²) in [5, 5.41) is 15.7. The van der Waals surface area contributed by atoms with Gasteiger partial charge in [-0.1, -0.05) is 15.9 Å². The first kappa shape index (κ1) is 21.0. The maximum atomic E-state index is 12.6. The first-order chi connectivity index (χ1) is 14.9. The highest BCUT2D eigenvalue weighted by molar-refractivity contribution is 9.10. The van der Waals surface area contributed by atoms with E-state index in [2.05, 4.69) is 30.7 Å². The quantitative estimate of drug-likeness (QED) is 0.395. The molecule has 11 heteroatoms. The second-order valence-corrected chi connectivity index (χ2v) is 9.79. The zero-order valence-electron chi connectivity index (χ0n) is 16.0. The summed E-state index contributed by atoms with van der Waals surface area (Å²) >= 11 is 4.62. The Balaban J connectivity index is 1.70. The van der Waals surface area contributed by atoms with Crippen LogP contribution in [-0.2, 0) is 17.1 Å². The number of aromatic nitrogens is 3. The van der Waals surface area contributed by atoms with Crippen LogP contribution in [0.5, 0.6) is 11.5 Å².